The van der Waals surface area contributed by atoms with Crippen molar-refractivity contribution in [2.24, 2.45) is 5.73 Å². The van der Waals surface area contributed by atoms with Gasteiger partial charge >= 0.3 is 0 Å². The summed E-state index contributed by atoms with van der Waals surface area (Å²) >= 11 is 5.98. The maximum absolute atomic E-state index is 13.2. The average Bonchev–Trinajstić information content (AvgIpc) is 2.32. The highest BCUT2D eigenvalue weighted by Crippen LogP contribution is 2.31. The molecular formula is C13H11Cl2F2N. The van der Waals surface area contributed by atoms with E-state index in [0.29, 0.717) is 16.1 Å². The molecule has 0 aliphatic rings. The number of hydrogen-bond acceptors (Lipinski definition) is 1. The van der Waals surface area contributed by atoms with Crippen molar-refractivity contribution in [2.75, 3.05) is 0 Å². The van der Waals surface area contributed by atoms with E-state index >= 15 is 0 Å². The van der Waals surface area contributed by atoms with E-state index in [1.54, 1.807) is 6.07 Å². The Morgan fingerprint density at radius 1 is 0.944 bits per heavy atom. The van der Waals surface area contributed by atoms with E-state index in [2.05, 4.69) is 0 Å². The highest BCUT2D eigenvalue weighted by molar-refractivity contribution is 6.33. The van der Waals surface area contributed by atoms with Gasteiger partial charge in [-0.25, -0.2) is 8.78 Å². The number of nitrogens with two attached hydrogens (primary N) is 1. The molecule has 0 heterocycles. The molecule has 0 fully saturated rings. The Morgan fingerprint density at radius 3 is 2.11 bits per heavy atom. The second kappa shape index (κ2) is 6.14. The molecule has 96 valence electrons. The first kappa shape index (κ1) is 14.9. The summed E-state index contributed by atoms with van der Waals surface area (Å²) in [5.41, 5.74) is 7.26. The van der Waals surface area contributed by atoms with Crippen LogP contribution in [0.1, 0.15) is 5.56 Å². The maximum atomic E-state index is 13.2. The number of benzene rings is 2. The number of halogens is 4. The fraction of sp³-hybridized carbons (Fsp3) is 0.0769. The molecule has 5 heteroatoms. The molecule has 0 aliphatic heterocycles. The molecule has 1 nitrogen and oxygen atoms in total. The van der Waals surface area contributed by atoms with Gasteiger partial charge in [-0.1, -0.05) is 17.7 Å². The van der Waals surface area contributed by atoms with Crippen LogP contribution >= 0.6 is 24.0 Å². The highest BCUT2D eigenvalue weighted by atomic mass is 35.5. The van der Waals surface area contributed by atoms with E-state index in [4.69, 9.17) is 17.3 Å². The van der Waals surface area contributed by atoms with E-state index in [0.717, 1.165) is 5.56 Å². The van der Waals surface area contributed by atoms with Gasteiger partial charge in [-0.15, -0.1) is 12.4 Å². The van der Waals surface area contributed by atoms with Crippen LogP contribution in [0.3, 0.4) is 0 Å². The van der Waals surface area contributed by atoms with Crippen LogP contribution in [0.4, 0.5) is 8.78 Å². The van der Waals surface area contributed by atoms with Crippen LogP contribution < -0.4 is 5.73 Å². The predicted octanol–water partition coefficient (Wildman–Crippen LogP) is 4.17. The Balaban J connectivity index is 0.00000162. The van der Waals surface area contributed by atoms with Crippen LogP contribution in [0.2, 0.25) is 5.02 Å². The van der Waals surface area contributed by atoms with Gasteiger partial charge in [0.05, 0.1) is 0 Å². The van der Waals surface area contributed by atoms with Crippen molar-refractivity contribution in [1.82, 2.24) is 0 Å². The number of rotatable bonds is 2. The van der Waals surface area contributed by atoms with Crippen LogP contribution in [0, 0.1) is 11.6 Å². The monoisotopic (exact) mass is 289 g/mol. The maximum Gasteiger partial charge on any atom is 0.123 e. The summed E-state index contributed by atoms with van der Waals surface area (Å²) in [6, 6.07) is 8.18. The summed E-state index contributed by atoms with van der Waals surface area (Å²) in [5.74, 6) is -0.825. The summed E-state index contributed by atoms with van der Waals surface area (Å²) in [4.78, 5) is 0. The molecular weight excluding hydrogens is 279 g/mol. The third-order valence-corrected chi connectivity index (χ3v) is 2.84. The SMILES string of the molecule is Cl.NCc1ccc(F)cc1-c1cc(F)ccc1Cl. The van der Waals surface area contributed by atoms with Gasteiger partial charge in [0, 0.05) is 17.1 Å². The van der Waals surface area contributed by atoms with Crippen molar-refractivity contribution in [3.05, 3.63) is 58.6 Å². The van der Waals surface area contributed by atoms with Crippen LogP contribution in [0.15, 0.2) is 36.4 Å². The molecule has 2 N–H and O–H groups in total. The summed E-state index contributed by atoms with van der Waals surface area (Å²) < 4.78 is 26.4. The second-order valence-corrected chi connectivity index (χ2v) is 4.04. The first-order chi connectivity index (χ1) is 8.11. The standard InChI is InChI=1S/C13H10ClF2N.ClH/c14-13-4-3-10(16)6-12(13)11-5-9(15)2-1-8(11)7-17;/h1-6H,7,17H2;1H. The van der Waals surface area contributed by atoms with E-state index in [9.17, 15) is 8.78 Å². The molecule has 0 unspecified atom stereocenters. The molecule has 0 spiro atoms. The third-order valence-electron chi connectivity index (χ3n) is 2.51. The molecule has 2 aromatic rings. The van der Waals surface area contributed by atoms with Crippen LogP contribution in [-0.4, -0.2) is 0 Å². The Labute approximate surface area is 115 Å². The van der Waals surface area contributed by atoms with Gasteiger partial charge in [0.25, 0.3) is 0 Å². The lowest BCUT2D eigenvalue weighted by Gasteiger charge is -2.10. The smallest absolute Gasteiger partial charge is 0.123 e. The van der Waals surface area contributed by atoms with E-state index in [1.807, 2.05) is 0 Å². The van der Waals surface area contributed by atoms with E-state index < -0.39 is 11.6 Å². The van der Waals surface area contributed by atoms with Crippen LogP contribution in [0.25, 0.3) is 11.1 Å². The van der Waals surface area contributed by atoms with Gasteiger partial charge in [-0.2, -0.15) is 0 Å². The number of hydrogen-bond donors (Lipinski definition) is 1. The van der Waals surface area contributed by atoms with Crippen molar-refractivity contribution in [2.45, 2.75) is 6.54 Å². The third kappa shape index (κ3) is 2.99. The Kier molecular flexibility index (Phi) is 5.08. The highest BCUT2D eigenvalue weighted by Gasteiger charge is 2.10. The van der Waals surface area contributed by atoms with Crippen LogP contribution in [-0.2, 0) is 6.54 Å². The molecule has 0 amide bonds. The minimum Gasteiger partial charge on any atom is -0.326 e. The van der Waals surface area contributed by atoms with Gasteiger partial charge in [-0.3, -0.25) is 0 Å². The van der Waals surface area contributed by atoms with E-state index in [1.165, 1.54) is 30.3 Å². The van der Waals surface area contributed by atoms with E-state index in [-0.39, 0.29) is 19.0 Å². The molecule has 0 radical (unpaired) electrons. The van der Waals surface area contributed by atoms with Crippen molar-refractivity contribution < 1.29 is 8.78 Å². The Hall–Kier alpha value is -1.16. The lowest BCUT2D eigenvalue weighted by atomic mass is 9.99. The predicted molar refractivity (Wildman–Crippen MR) is 71.9 cm³/mol. The van der Waals surface area contributed by atoms with Crippen molar-refractivity contribution in [3.63, 3.8) is 0 Å². The molecule has 0 bridgehead atoms. The summed E-state index contributed by atoms with van der Waals surface area (Å²) in [5, 5.41) is 0.367. The van der Waals surface area contributed by atoms with Crippen molar-refractivity contribution in [1.29, 1.82) is 0 Å². The van der Waals surface area contributed by atoms with Gasteiger partial charge < -0.3 is 5.73 Å². The zero-order valence-corrected chi connectivity index (χ0v) is 10.9. The first-order valence-corrected chi connectivity index (χ1v) is 5.43. The van der Waals surface area contributed by atoms with Gasteiger partial charge in [0.2, 0.25) is 0 Å². The molecule has 2 aromatic carbocycles. The zero-order chi connectivity index (χ0) is 12.4. The summed E-state index contributed by atoms with van der Waals surface area (Å²) in [6.45, 7) is 0.239. The zero-order valence-electron chi connectivity index (χ0n) is 9.29. The van der Waals surface area contributed by atoms with Gasteiger partial charge in [0.1, 0.15) is 11.6 Å². The minimum atomic E-state index is -0.420. The fourth-order valence-electron chi connectivity index (χ4n) is 1.68. The lowest BCUT2D eigenvalue weighted by molar-refractivity contribution is 0.625. The second-order valence-electron chi connectivity index (χ2n) is 3.63. The molecule has 0 atom stereocenters. The molecule has 0 saturated carbocycles. The Bertz CT molecular complexity index is 559. The molecule has 0 saturated heterocycles. The van der Waals surface area contributed by atoms with Crippen LogP contribution in [0.5, 0.6) is 0 Å². The molecule has 0 aliphatic carbocycles. The molecule has 0 aromatic heterocycles. The minimum absolute atomic E-state index is 0. The summed E-state index contributed by atoms with van der Waals surface area (Å²) in [7, 11) is 0. The fourth-order valence-corrected chi connectivity index (χ4v) is 1.90. The molecule has 2 rings (SSSR count). The first-order valence-electron chi connectivity index (χ1n) is 5.05. The summed E-state index contributed by atoms with van der Waals surface area (Å²) in [6.07, 6.45) is 0. The largest absolute Gasteiger partial charge is 0.326 e. The van der Waals surface area contributed by atoms with Crippen molar-refractivity contribution >= 4 is 24.0 Å². The van der Waals surface area contributed by atoms with Gasteiger partial charge in [0.15, 0.2) is 0 Å². The lowest BCUT2D eigenvalue weighted by Crippen LogP contribution is -2.00. The van der Waals surface area contributed by atoms with Crippen molar-refractivity contribution in [3.8, 4) is 11.1 Å². The average molecular weight is 290 g/mol. The Morgan fingerprint density at radius 2 is 1.50 bits per heavy atom. The van der Waals surface area contributed by atoms with Gasteiger partial charge in [-0.05, 0) is 41.5 Å². The normalized spacial score (nSPS) is 10.0. The molecule has 18 heavy (non-hydrogen) atoms. The quantitative estimate of drug-likeness (QED) is 0.882. The topological polar surface area (TPSA) is 26.0 Å².